The standard InChI is InChI=1S/C27H27ClN4O3S/c1-4-19-7-5-6-18(2)26(19)29-25(33)17-36-27-31-30-24(16-35-23-12-8-20(28)9-13-23)32(27)21-10-14-22(34-3)15-11-21/h5-15H,4,16-17H2,1-3H3,(H,29,33). The second kappa shape index (κ2) is 12.0. The summed E-state index contributed by atoms with van der Waals surface area (Å²) >= 11 is 7.29. The Balaban J connectivity index is 1.53. The van der Waals surface area contributed by atoms with Gasteiger partial charge >= 0.3 is 0 Å². The van der Waals surface area contributed by atoms with Gasteiger partial charge < -0.3 is 14.8 Å². The van der Waals surface area contributed by atoms with E-state index >= 15 is 0 Å². The van der Waals surface area contributed by atoms with E-state index in [0.29, 0.717) is 21.8 Å². The number of ether oxygens (including phenoxy) is 2. The highest BCUT2D eigenvalue weighted by molar-refractivity contribution is 7.99. The van der Waals surface area contributed by atoms with E-state index in [1.54, 1.807) is 31.4 Å². The zero-order valence-electron chi connectivity index (χ0n) is 20.3. The summed E-state index contributed by atoms with van der Waals surface area (Å²) in [4.78, 5) is 12.8. The second-order valence-corrected chi connectivity index (χ2v) is 9.35. The van der Waals surface area contributed by atoms with Crippen molar-refractivity contribution in [3.05, 3.63) is 88.7 Å². The molecule has 7 nitrogen and oxygen atoms in total. The first-order chi connectivity index (χ1) is 17.5. The lowest BCUT2D eigenvalue weighted by molar-refractivity contribution is -0.113. The molecular weight excluding hydrogens is 496 g/mol. The lowest BCUT2D eigenvalue weighted by Gasteiger charge is -2.14. The van der Waals surface area contributed by atoms with Gasteiger partial charge in [-0.05, 0) is 73.0 Å². The Labute approximate surface area is 219 Å². The van der Waals surface area contributed by atoms with Crippen LogP contribution in [-0.2, 0) is 17.8 Å². The minimum absolute atomic E-state index is 0.104. The maximum absolute atomic E-state index is 12.8. The summed E-state index contributed by atoms with van der Waals surface area (Å²) in [6.45, 7) is 4.26. The minimum Gasteiger partial charge on any atom is -0.497 e. The molecule has 1 amide bonds. The van der Waals surface area contributed by atoms with Crippen molar-refractivity contribution in [1.82, 2.24) is 14.8 Å². The molecule has 4 rings (SSSR count). The van der Waals surface area contributed by atoms with Crippen LogP contribution in [0.1, 0.15) is 23.9 Å². The third-order valence-corrected chi connectivity index (χ3v) is 6.73. The predicted octanol–water partition coefficient (Wildman–Crippen LogP) is 6.11. The van der Waals surface area contributed by atoms with Gasteiger partial charge in [-0.15, -0.1) is 10.2 Å². The molecule has 0 saturated carbocycles. The number of anilines is 1. The first kappa shape index (κ1) is 25.6. The van der Waals surface area contributed by atoms with Gasteiger partial charge in [0.15, 0.2) is 11.0 Å². The fraction of sp³-hybridized carbons (Fsp3) is 0.222. The zero-order chi connectivity index (χ0) is 25.5. The summed E-state index contributed by atoms with van der Waals surface area (Å²) in [6, 6.07) is 20.7. The molecule has 1 heterocycles. The van der Waals surface area contributed by atoms with E-state index in [-0.39, 0.29) is 18.3 Å². The molecule has 0 bridgehead atoms. The molecule has 1 N–H and O–H groups in total. The smallest absolute Gasteiger partial charge is 0.234 e. The first-order valence-electron chi connectivity index (χ1n) is 11.5. The number of aryl methyl sites for hydroxylation is 2. The van der Waals surface area contributed by atoms with Crippen LogP contribution in [0.25, 0.3) is 5.69 Å². The average molecular weight is 523 g/mol. The van der Waals surface area contributed by atoms with Gasteiger partial charge in [0.1, 0.15) is 18.1 Å². The molecule has 0 aliphatic carbocycles. The van der Waals surface area contributed by atoms with E-state index in [4.69, 9.17) is 21.1 Å². The molecule has 1 aromatic heterocycles. The SMILES string of the molecule is CCc1cccc(C)c1NC(=O)CSc1nnc(COc2ccc(Cl)cc2)n1-c1ccc(OC)cc1. The van der Waals surface area contributed by atoms with Crippen LogP contribution in [0.15, 0.2) is 71.9 Å². The number of hydrogen-bond acceptors (Lipinski definition) is 6. The lowest BCUT2D eigenvalue weighted by Crippen LogP contribution is -2.16. The average Bonchev–Trinajstić information content (AvgIpc) is 3.31. The number of para-hydroxylation sites is 1. The Bertz CT molecular complexity index is 1320. The predicted molar refractivity (Wildman–Crippen MR) is 144 cm³/mol. The minimum atomic E-state index is -0.104. The third kappa shape index (κ3) is 6.19. The van der Waals surface area contributed by atoms with E-state index in [0.717, 1.165) is 34.7 Å². The molecular formula is C27H27ClN4O3S. The number of thioether (sulfide) groups is 1. The normalized spacial score (nSPS) is 10.8. The van der Waals surface area contributed by atoms with Crippen molar-refractivity contribution in [3.8, 4) is 17.2 Å². The molecule has 0 atom stereocenters. The number of carbonyl (C=O) groups is 1. The van der Waals surface area contributed by atoms with Crippen LogP contribution in [0.2, 0.25) is 5.02 Å². The highest BCUT2D eigenvalue weighted by Gasteiger charge is 2.17. The summed E-state index contributed by atoms with van der Waals surface area (Å²) in [5.74, 6) is 2.09. The van der Waals surface area contributed by atoms with Gasteiger partial charge in [-0.3, -0.25) is 9.36 Å². The third-order valence-electron chi connectivity index (χ3n) is 5.55. The van der Waals surface area contributed by atoms with Gasteiger partial charge in [-0.1, -0.05) is 48.5 Å². The van der Waals surface area contributed by atoms with Gasteiger partial charge in [-0.25, -0.2) is 0 Å². The Morgan fingerprint density at radius 2 is 1.75 bits per heavy atom. The monoisotopic (exact) mass is 522 g/mol. The van der Waals surface area contributed by atoms with E-state index < -0.39 is 0 Å². The van der Waals surface area contributed by atoms with Crippen LogP contribution in [0.3, 0.4) is 0 Å². The number of aromatic nitrogens is 3. The van der Waals surface area contributed by atoms with Crippen molar-refractivity contribution in [2.45, 2.75) is 32.0 Å². The van der Waals surface area contributed by atoms with Gasteiger partial charge in [0.05, 0.1) is 12.9 Å². The maximum Gasteiger partial charge on any atom is 0.234 e. The van der Waals surface area contributed by atoms with Crippen molar-refractivity contribution in [3.63, 3.8) is 0 Å². The van der Waals surface area contributed by atoms with Gasteiger partial charge in [0.25, 0.3) is 0 Å². The van der Waals surface area contributed by atoms with Crippen LogP contribution >= 0.6 is 23.4 Å². The maximum atomic E-state index is 12.8. The van der Waals surface area contributed by atoms with Crippen molar-refractivity contribution in [2.24, 2.45) is 0 Å². The Morgan fingerprint density at radius 3 is 2.44 bits per heavy atom. The Hall–Kier alpha value is -3.49. The van der Waals surface area contributed by atoms with Crippen molar-refractivity contribution >= 4 is 35.0 Å². The molecule has 4 aromatic rings. The molecule has 36 heavy (non-hydrogen) atoms. The van der Waals surface area contributed by atoms with Gasteiger partial charge in [0, 0.05) is 16.4 Å². The van der Waals surface area contributed by atoms with Crippen LogP contribution in [-0.4, -0.2) is 33.5 Å². The van der Waals surface area contributed by atoms with E-state index in [2.05, 4.69) is 22.4 Å². The van der Waals surface area contributed by atoms with Crippen molar-refractivity contribution < 1.29 is 14.3 Å². The number of methoxy groups -OCH3 is 1. The number of hydrogen-bond donors (Lipinski definition) is 1. The number of nitrogens with zero attached hydrogens (tertiary/aromatic N) is 3. The Morgan fingerprint density at radius 1 is 1.03 bits per heavy atom. The lowest BCUT2D eigenvalue weighted by atomic mass is 10.1. The highest BCUT2D eigenvalue weighted by Crippen LogP contribution is 2.26. The molecule has 0 saturated heterocycles. The molecule has 0 spiro atoms. The molecule has 0 fully saturated rings. The van der Waals surface area contributed by atoms with Gasteiger partial charge in [0.2, 0.25) is 5.91 Å². The van der Waals surface area contributed by atoms with E-state index in [9.17, 15) is 4.79 Å². The number of nitrogens with one attached hydrogen (secondary N) is 1. The van der Waals surface area contributed by atoms with Crippen molar-refractivity contribution in [2.75, 3.05) is 18.2 Å². The van der Waals surface area contributed by atoms with Crippen molar-refractivity contribution in [1.29, 1.82) is 0 Å². The van der Waals surface area contributed by atoms with E-state index in [1.165, 1.54) is 11.8 Å². The molecule has 186 valence electrons. The number of carbonyl (C=O) groups excluding carboxylic acids is 1. The van der Waals surface area contributed by atoms with Crippen LogP contribution in [0, 0.1) is 6.92 Å². The fourth-order valence-corrected chi connectivity index (χ4v) is 4.56. The molecule has 0 aliphatic rings. The zero-order valence-corrected chi connectivity index (χ0v) is 21.9. The summed E-state index contributed by atoms with van der Waals surface area (Å²) in [5, 5.41) is 13.0. The van der Waals surface area contributed by atoms with Crippen LogP contribution in [0.4, 0.5) is 5.69 Å². The highest BCUT2D eigenvalue weighted by atomic mass is 35.5. The quantitative estimate of drug-likeness (QED) is 0.253. The summed E-state index contributed by atoms with van der Waals surface area (Å²) in [7, 11) is 1.62. The Kier molecular flexibility index (Phi) is 8.51. The second-order valence-electron chi connectivity index (χ2n) is 7.97. The molecule has 0 unspecified atom stereocenters. The van der Waals surface area contributed by atoms with Crippen LogP contribution < -0.4 is 14.8 Å². The van der Waals surface area contributed by atoms with Crippen LogP contribution in [0.5, 0.6) is 11.5 Å². The fourth-order valence-electron chi connectivity index (χ4n) is 3.66. The van der Waals surface area contributed by atoms with E-state index in [1.807, 2.05) is 54.0 Å². The molecule has 0 radical (unpaired) electrons. The number of rotatable bonds is 10. The molecule has 9 heteroatoms. The summed E-state index contributed by atoms with van der Waals surface area (Å²) in [6.07, 6.45) is 0.840. The van der Waals surface area contributed by atoms with Gasteiger partial charge in [-0.2, -0.15) is 0 Å². The summed E-state index contributed by atoms with van der Waals surface area (Å²) < 4.78 is 13.1. The summed E-state index contributed by atoms with van der Waals surface area (Å²) in [5.41, 5.74) is 3.86. The number of amides is 1. The molecule has 0 aliphatic heterocycles. The number of benzene rings is 3. The topological polar surface area (TPSA) is 78.3 Å². The molecule has 3 aromatic carbocycles. The largest absolute Gasteiger partial charge is 0.497 e. The first-order valence-corrected chi connectivity index (χ1v) is 12.8. The number of halogens is 1.